The van der Waals surface area contributed by atoms with Gasteiger partial charge in [0.05, 0.1) is 16.5 Å². The van der Waals surface area contributed by atoms with E-state index in [2.05, 4.69) is 0 Å². The van der Waals surface area contributed by atoms with Gasteiger partial charge >= 0.3 is 0 Å². The van der Waals surface area contributed by atoms with Crippen LogP contribution >= 0.6 is 0 Å². The number of fused-ring (bicyclic) bond motifs is 2. The van der Waals surface area contributed by atoms with E-state index in [1.54, 1.807) is 0 Å². The van der Waals surface area contributed by atoms with Crippen molar-refractivity contribution in [1.82, 2.24) is 0 Å². The van der Waals surface area contributed by atoms with Gasteiger partial charge in [0.1, 0.15) is 23.9 Å². The zero-order valence-corrected chi connectivity index (χ0v) is 15.2. The molecule has 2 aliphatic rings. The molecule has 2 aromatic carbocycles. The smallest absolute Gasteiger partial charge is 0.238 e. The predicted octanol–water partition coefficient (Wildman–Crippen LogP) is 1.60. The highest BCUT2D eigenvalue weighted by Crippen LogP contribution is 2.50. The van der Waals surface area contributed by atoms with Crippen LogP contribution in [0.15, 0.2) is 35.2 Å². The van der Waals surface area contributed by atoms with Crippen LogP contribution in [0.2, 0.25) is 0 Å². The molecule has 1 fully saturated rings. The number of aliphatic hydroxyl groups excluding tert-OH is 1. The summed E-state index contributed by atoms with van der Waals surface area (Å²) in [7, 11) is -4.12. The maximum Gasteiger partial charge on any atom is 0.238 e. The summed E-state index contributed by atoms with van der Waals surface area (Å²) in [4.78, 5) is -0.196. The number of nitrogens with zero attached hydrogens (tertiary/aromatic N) is 1. The number of hydrogen-bond donors (Lipinski definition) is 2. The van der Waals surface area contributed by atoms with Crippen LogP contribution < -0.4 is 9.88 Å². The number of ether oxygens (including phenoxy) is 3. The number of nitriles is 1. The van der Waals surface area contributed by atoms with Crippen molar-refractivity contribution in [3.63, 3.8) is 0 Å². The van der Waals surface area contributed by atoms with E-state index in [1.807, 2.05) is 6.07 Å². The van der Waals surface area contributed by atoms with E-state index >= 15 is 0 Å². The monoisotopic (exact) mass is 406 g/mol. The van der Waals surface area contributed by atoms with Crippen LogP contribution in [0, 0.1) is 17.1 Å². The summed E-state index contributed by atoms with van der Waals surface area (Å²) in [6, 6.07) is 8.02. The number of rotatable bonds is 3. The van der Waals surface area contributed by atoms with Crippen molar-refractivity contribution in [3.05, 3.63) is 52.8 Å². The van der Waals surface area contributed by atoms with E-state index in [1.165, 1.54) is 18.2 Å². The molecule has 10 heteroatoms. The highest BCUT2D eigenvalue weighted by Gasteiger charge is 2.51. The van der Waals surface area contributed by atoms with Crippen LogP contribution in [-0.2, 0) is 31.7 Å². The van der Waals surface area contributed by atoms with Gasteiger partial charge in [-0.3, -0.25) is 0 Å². The lowest BCUT2D eigenvalue weighted by Crippen LogP contribution is -2.28. The molecule has 0 bridgehead atoms. The summed E-state index contributed by atoms with van der Waals surface area (Å²) in [6.45, 7) is -0.121. The van der Waals surface area contributed by atoms with E-state index in [0.717, 1.165) is 12.1 Å². The number of primary sulfonamides is 1. The Kier molecular flexibility index (Phi) is 4.37. The Morgan fingerprint density at radius 3 is 2.79 bits per heavy atom. The van der Waals surface area contributed by atoms with Gasteiger partial charge in [0.15, 0.2) is 12.1 Å². The van der Waals surface area contributed by atoms with Crippen molar-refractivity contribution < 1.29 is 32.1 Å². The maximum absolute atomic E-state index is 13.7. The first-order chi connectivity index (χ1) is 13.2. The van der Waals surface area contributed by atoms with Crippen molar-refractivity contribution in [1.29, 1.82) is 5.26 Å². The lowest BCUT2D eigenvalue weighted by atomic mass is 10.1. The fraction of sp³-hybridized carbons (Fsp3) is 0.278. The molecule has 2 aromatic rings. The van der Waals surface area contributed by atoms with Crippen molar-refractivity contribution in [2.45, 2.75) is 29.8 Å². The minimum Gasteiger partial charge on any atom is -0.457 e. The van der Waals surface area contributed by atoms with Gasteiger partial charge in [0.25, 0.3) is 0 Å². The Bertz CT molecular complexity index is 1110. The lowest BCUT2D eigenvalue weighted by Gasteiger charge is -2.25. The minimum absolute atomic E-state index is 0.0786. The van der Waals surface area contributed by atoms with Crippen LogP contribution in [0.25, 0.3) is 0 Å². The molecule has 4 rings (SSSR count). The van der Waals surface area contributed by atoms with E-state index < -0.39 is 27.9 Å². The molecule has 28 heavy (non-hydrogen) atoms. The summed E-state index contributed by atoms with van der Waals surface area (Å²) < 4.78 is 54.7. The van der Waals surface area contributed by atoms with E-state index in [-0.39, 0.29) is 40.5 Å². The topological polar surface area (TPSA) is 132 Å². The molecule has 1 aliphatic carbocycles. The second kappa shape index (κ2) is 6.51. The predicted molar refractivity (Wildman–Crippen MR) is 92.0 cm³/mol. The molecule has 2 atom stereocenters. The van der Waals surface area contributed by atoms with Crippen LogP contribution in [-0.4, -0.2) is 26.4 Å². The molecule has 0 amide bonds. The molecule has 146 valence electrons. The molecular weight excluding hydrogens is 391 g/mol. The molecule has 8 nitrogen and oxygen atoms in total. The average molecular weight is 406 g/mol. The second-order valence-electron chi connectivity index (χ2n) is 6.49. The number of benzene rings is 2. The fourth-order valence-corrected chi connectivity index (χ4v) is 4.41. The SMILES string of the molecule is N#Cc1cc(F)cc(Oc2ccc(S(N)(=O)=O)c3c2CC[C@]32OCC(O)O2)c1. The van der Waals surface area contributed by atoms with E-state index in [0.29, 0.717) is 12.0 Å². The van der Waals surface area contributed by atoms with Crippen LogP contribution in [0.4, 0.5) is 4.39 Å². The third-order valence-electron chi connectivity index (χ3n) is 4.64. The fourth-order valence-electron chi connectivity index (χ4n) is 3.59. The Balaban J connectivity index is 1.84. The van der Waals surface area contributed by atoms with Crippen molar-refractivity contribution >= 4 is 10.0 Å². The van der Waals surface area contributed by atoms with E-state index in [9.17, 15) is 17.9 Å². The second-order valence-corrected chi connectivity index (χ2v) is 8.02. The first-order valence-corrected chi connectivity index (χ1v) is 9.84. The summed E-state index contributed by atoms with van der Waals surface area (Å²) in [6.07, 6.45) is -0.638. The summed E-state index contributed by atoms with van der Waals surface area (Å²) in [5, 5.41) is 24.1. The minimum atomic E-state index is -4.12. The Hall–Kier alpha value is -2.55. The number of nitrogens with two attached hydrogens (primary N) is 1. The van der Waals surface area contributed by atoms with Crippen LogP contribution in [0.3, 0.4) is 0 Å². The summed E-state index contributed by atoms with van der Waals surface area (Å²) in [5.41, 5.74) is 0.708. The summed E-state index contributed by atoms with van der Waals surface area (Å²) >= 11 is 0. The third-order valence-corrected chi connectivity index (χ3v) is 5.59. The Labute approximate surface area is 159 Å². The highest BCUT2D eigenvalue weighted by molar-refractivity contribution is 7.89. The largest absolute Gasteiger partial charge is 0.457 e. The molecule has 0 radical (unpaired) electrons. The van der Waals surface area contributed by atoms with Gasteiger partial charge < -0.3 is 19.3 Å². The number of halogens is 1. The first-order valence-electron chi connectivity index (χ1n) is 8.29. The molecular formula is C18H15FN2O6S. The molecule has 0 saturated carbocycles. The van der Waals surface area contributed by atoms with Gasteiger partial charge in [-0.15, -0.1) is 0 Å². The third kappa shape index (κ3) is 3.13. The van der Waals surface area contributed by atoms with Gasteiger partial charge in [-0.05, 0) is 30.7 Å². The first kappa shape index (κ1) is 18.8. The highest BCUT2D eigenvalue weighted by atomic mass is 32.2. The number of hydrogen-bond acceptors (Lipinski definition) is 7. The molecule has 1 spiro atoms. The number of aliphatic hydroxyl groups is 1. The molecule has 3 N–H and O–H groups in total. The van der Waals surface area contributed by atoms with Crippen LogP contribution in [0.5, 0.6) is 11.5 Å². The van der Waals surface area contributed by atoms with Gasteiger partial charge in [0.2, 0.25) is 10.0 Å². The normalized spacial score (nSPS) is 23.6. The van der Waals surface area contributed by atoms with Crippen molar-refractivity contribution in [3.8, 4) is 17.6 Å². The molecule has 1 unspecified atom stereocenters. The zero-order valence-electron chi connectivity index (χ0n) is 14.4. The molecule has 0 aromatic heterocycles. The van der Waals surface area contributed by atoms with Gasteiger partial charge in [0, 0.05) is 23.6 Å². The molecule has 1 aliphatic heterocycles. The molecule has 1 heterocycles. The number of sulfonamides is 1. The van der Waals surface area contributed by atoms with Gasteiger partial charge in [-0.2, -0.15) is 5.26 Å². The van der Waals surface area contributed by atoms with Crippen molar-refractivity contribution in [2.75, 3.05) is 6.61 Å². The average Bonchev–Trinajstić information content (AvgIpc) is 3.18. The van der Waals surface area contributed by atoms with Gasteiger partial charge in [-0.25, -0.2) is 17.9 Å². The van der Waals surface area contributed by atoms with E-state index in [4.69, 9.17) is 24.6 Å². The standard InChI is InChI=1S/C18H15FN2O6S/c19-11-5-10(8-20)6-12(7-11)26-14-1-2-15(28(21,23)24)17-13(14)3-4-18(17)25-9-16(22)27-18/h1-2,5-7,16,22H,3-4,9H2,(H2,21,23,24)/t16?,18-/m1/s1. The molecule has 1 saturated heterocycles. The summed E-state index contributed by atoms with van der Waals surface area (Å²) in [5.74, 6) is -1.76. The Morgan fingerprint density at radius 1 is 1.36 bits per heavy atom. The Morgan fingerprint density at radius 2 is 2.14 bits per heavy atom. The van der Waals surface area contributed by atoms with Crippen molar-refractivity contribution in [2.24, 2.45) is 5.14 Å². The van der Waals surface area contributed by atoms with Crippen LogP contribution in [0.1, 0.15) is 23.1 Å². The lowest BCUT2D eigenvalue weighted by molar-refractivity contribution is -0.205. The maximum atomic E-state index is 13.7. The zero-order chi connectivity index (χ0) is 20.1. The quantitative estimate of drug-likeness (QED) is 0.791. The van der Waals surface area contributed by atoms with Gasteiger partial charge in [-0.1, -0.05) is 0 Å².